The van der Waals surface area contributed by atoms with Gasteiger partial charge in [0.25, 0.3) is 0 Å². The van der Waals surface area contributed by atoms with Gasteiger partial charge in [0.1, 0.15) is 5.82 Å². The molecule has 20 heavy (non-hydrogen) atoms. The Morgan fingerprint density at radius 2 is 2.00 bits per heavy atom. The smallest absolute Gasteiger partial charge is 0.123 e. The minimum Gasteiger partial charge on any atom is -0.306 e. The molecule has 1 N–H and O–H groups in total. The first-order valence-electron chi connectivity index (χ1n) is 6.46. The number of halogens is 3. The molecule has 0 aromatic heterocycles. The Labute approximate surface area is 132 Å². The van der Waals surface area contributed by atoms with Crippen LogP contribution in [-0.4, -0.2) is 6.54 Å². The predicted molar refractivity (Wildman–Crippen MR) is 85.8 cm³/mol. The van der Waals surface area contributed by atoms with Crippen LogP contribution in [-0.2, 0) is 0 Å². The fourth-order valence-electron chi connectivity index (χ4n) is 2.28. The molecule has 0 spiro atoms. The summed E-state index contributed by atoms with van der Waals surface area (Å²) < 4.78 is 14.6. The molecule has 0 bridgehead atoms. The molecule has 0 fully saturated rings. The number of hydrogen-bond donors (Lipinski definition) is 1. The van der Waals surface area contributed by atoms with Crippen LogP contribution in [0.1, 0.15) is 29.7 Å². The SMILES string of the molecule is CCNC(c1cc(C)cc(F)c1)c1cc(Br)ccc1Cl. The van der Waals surface area contributed by atoms with Crippen LogP contribution < -0.4 is 5.32 Å². The standard InChI is InChI=1S/C16H16BrClFN/c1-3-20-16(11-6-10(2)7-13(19)8-11)14-9-12(17)4-5-15(14)18/h4-9,16,20H,3H2,1-2H3. The topological polar surface area (TPSA) is 12.0 Å². The number of nitrogens with one attached hydrogen (secondary N) is 1. The average Bonchev–Trinajstić information content (AvgIpc) is 2.38. The van der Waals surface area contributed by atoms with Crippen molar-refractivity contribution in [1.82, 2.24) is 5.32 Å². The van der Waals surface area contributed by atoms with E-state index in [0.717, 1.165) is 27.7 Å². The number of aryl methyl sites for hydroxylation is 1. The Morgan fingerprint density at radius 1 is 1.25 bits per heavy atom. The van der Waals surface area contributed by atoms with E-state index in [4.69, 9.17) is 11.6 Å². The van der Waals surface area contributed by atoms with E-state index in [1.807, 2.05) is 38.1 Å². The maximum Gasteiger partial charge on any atom is 0.123 e. The van der Waals surface area contributed by atoms with Gasteiger partial charge >= 0.3 is 0 Å². The quantitative estimate of drug-likeness (QED) is 0.789. The molecule has 0 aliphatic rings. The van der Waals surface area contributed by atoms with Crippen molar-refractivity contribution in [1.29, 1.82) is 0 Å². The lowest BCUT2D eigenvalue weighted by atomic mass is 9.97. The Hall–Kier alpha value is -0.900. The van der Waals surface area contributed by atoms with E-state index in [1.54, 1.807) is 6.07 Å². The molecule has 0 aliphatic heterocycles. The van der Waals surface area contributed by atoms with Crippen molar-refractivity contribution in [2.75, 3.05) is 6.54 Å². The van der Waals surface area contributed by atoms with Crippen LogP contribution >= 0.6 is 27.5 Å². The zero-order valence-corrected chi connectivity index (χ0v) is 13.7. The summed E-state index contributed by atoms with van der Waals surface area (Å²) in [7, 11) is 0. The van der Waals surface area contributed by atoms with Gasteiger partial charge in [0.05, 0.1) is 6.04 Å². The van der Waals surface area contributed by atoms with Crippen molar-refractivity contribution < 1.29 is 4.39 Å². The van der Waals surface area contributed by atoms with Crippen LogP contribution in [0.2, 0.25) is 5.02 Å². The molecule has 0 radical (unpaired) electrons. The minimum atomic E-state index is -0.228. The minimum absolute atomic E-state index is 0.126. The van der Waals surface area contributed by atoms with E-state index in [2.05, 4.69) is 21.2 Å². The molecule has 1 nitrogen and oxygen atoms in total. The van der Waals surface area contributed by atoms with Gasteiger partial charge in [0.2, 0.25) is 0 Å². The molecule has 0 saturated carbocycles. The zero-order chi connectivity index (χ0) is 14.7. The fraction of sp³-hybridized carbons (Fsp3) is 0.250. The van der Waals surface area contributed by atoms with Gasteiger partial charge in [-0.15, -0.1) is 0 Å². The number of benzene rings is 2. The summed E-state index contributed by atoms with van der Waals surface area (Å²) in [5, 5.41) is 4.03. The maximum atomic E-state index is 13.7. The molecule has 106 valence electrons. The summed E-state index contributed by atoms with van der Waals surface area (Å²) in [6, 6.07) is 10.6. The monoisotopic (exact) mass is 355 g/mol. The maximum absolute atomic E-state index is 13.7. The van der Waals surface area contributed by atoms with E-state index >= 15 is 0 Å². The number of hydrogen-bond acceptors (Lipinski definition) is 1. The van der Waals surface area contributed by atoms with Crippen molar-refractivity contribution >= 4 is 27.5 Å². The molecule has 0 amide bonds. The first-order chi connectivity index (χ1) is 9.51. The van der Waals surface area contributed by atoms with Crippen molar-refractivity contribution in [3.05, 3.63) is 68.4 Å². The van der Waals surface area contributed by atoms with E-state index in [9.17, 15) is 4.39 Å². The largest absolute Gasteiger partial charge is 0.306 e. The van der Waals surface area contributed by atoms with Gasteiger partial charge in [0, 0.05) is 9.50 Å². The third-order valence-electron chi connectivity index (χ3n) is 3.08. The van der Waals surface area contributed by atoms with Crippen molar-refractivity contribution in [2.45, 2.75) is 19.9 Å². The van der Waals surface area contributed by atoms with Gasteiger partial charge in [0.15, 0.2) is 0 Å². The van der Waals surface area contributed by atoms with Gasteiger partial charge < -0.3 is 5.32 Å². The van der Waals surface area contributed by atoms with Crippen LogP contribution in [0.25, 0.3) is 0 Å². The van der Waals surface area contributed by atoms with Crippen LogP contribution in [0.5, 0.6) is 0 Å². The van der Waals surface area contributed by atoms with Gasteiger partial charge in [-0.1, -0.05) is 40.5 Å². The summed E-state index contributed by atoms with van der Waals surface area (Å²) >= 11 is 9.76. The number of rotatable bonds is 4. The predicted octanol–water partition coefficient (Wildman–Crippen LogP) is 5.25. The highest BCUT2D eigenvalue weighted by molar-refractivity contribution is 9.10. The molecule has 2 aromatic rings. The van der Waals surface area contributed by atoms with Gasteiger partial charge in [-0.2, -0.15) is 0 Å². The lowest BCUT2D eigenvalue weighted by Crippen LogP contribution is -2.22. The molecular weight excluding hydrogens is 341 g/mol. The lowest BCUT2D eigenvalue weighted by molar-refractivity contribution is 0.602. The van der Waals surface area contributed by atoms with Crippen LogP contribution in [0.3, 0.4) is 0 Å². The van der Waals surface area contributed by atoms with E-state index in [-0.39, 0.29) is 11.9 Å². The third kappa shape index (κ3) is 3.60. The van der Waals surface area contributed by atoms with E-state index in [0.29, 0.717) is 5.02 Å². The third-order valence-corrected chi connectivity index (χ3v) is 3.91. The summed E-state index contributed by atoms with van der Waals surface area (Å²) in [6.07, 6.45) is 0. The molecule has 2 rings (SSSR count). The lowest BCUT2D eigenvalue weighted by Gasteiger charge is -2.21. The zero-order valence-electron chi connectivity index (χ0n) is 11.4. The van der Waals surface area contributed by atoms with Crippen LogP contribution in [0, 0.1) is 12.7 Å². The fourth-order valence-corrected chi connectivity index (χ4v) is 2.88. The Morgan fingerprint density at radius 3 is 2.65 bits per heavy atom. The van der Waals surface area contributed by atoms with E-state index in [1.165, 1.54) is 6.07 Å². The van der Waals surface area contributed by atoms with Gasteiger partial charge in [-0.05, 0) is 60.5 Å². The molecule has 0 saturated heterocycles. The highest BCUT2D eigenvalue weighted by atomic mass is 79.9. The van der Waals surface area contributed by atoms with Gasteiger partial charge in [-0.25, -0.2) is 4.39 Å². The second-order valence-corrected chi connectivity index (χ2v) is 6.04. The summed E-state index contributed by atoms with van der Waals surface area (Å²) in [5.41, 5.74) is 2.71. The Kier molecular flexibility index (Phi) is 5.19. The molecule has 1 atom stereocenters. The molecule has 0 heterocycles. The second kappa shape index (κ2) is 6.70. The highest BCUT2D eigenvalue weighted by Gasteiger charge is 2.17. The molecule has 1 unspecified atom stereocenters. The van der Waals surface area contributed by atoms with Crippen molar-refractivity contribution in [3.63, 3.8) is 0 Å². The Bertz CT molecular complexity index is 595. The van der Waals surface area contributed by atoms with Crippen LogP contribution in [0.4, 0.5) is 4.39 Å². The van der Waals surface area contributed by atoms with E-state index < -0.39 is 0 Å². The first kappa shape index (κ1) is 15.5. The first-order valence-corrected chi connectivity index (χ1v) is 7.63. The molecule has 0 aliphatic carbocycles. The van der Waals surface area contributed by atoms with Crippen LogP contribution in [0.15, 0.2) is 40.9 Å². The van der Waals surface area contributed by atoms with Crippen molar-refractivity contribution in [3.8, 4) is 0 Å². The highest BCUT2D eigenvalue weighted by Crippen LogP contribution is 2.31. The molecule has 2 aromatic carbocycles. The van der Waals surface area contributed by atoms with Crippen molar-refractivity contribution in [2.24, 2.45) is 0 Å². The molecular formula is C16H16BrClFN. The second-order valence-electron chi connectivity index (χ2n) is 4.72. The van der Waals surface area contributed by atoms with Gasteiger partial charge in [-0.3, -0.25) is 0 Å². The summed E-state index contributed by atoms with van der Waals surface area (Å²) in [4.78, 5) is 0. The summed E-state index contributed by atoms with van der Waals surface area (Å²) in [6.45, 7) is 4.67. The normalized spacial score (nSPS) is 12.4. The average molecular weight is 357 g/mol. The summed E-state index contributed by atoms with van der Waals surface area (Å²) in [5.74, 6) is -0.228. The Balaban J connectivity index is 2.52. The molecule has 4 heteroatoms.